The fourth-order valence-corrected chi connectivity index (χ4v) is 5.65. The van der Waals surface area contributed by atoms with Crippen LogP contribution in [0.2, 0.25) is 0 Å². The number of hydrogen-bond acceptors (Lipinski definition) is 7. The van der Waals surface area contributed by atoms with Crippen LogP contribution in [0.4, 0.5) is 5.69 Å². The lowest BCUT2D eigenvalue weighted by molar-refractivity contribution is -0.134. The molecule has 7 heteroatoms. The zero-order valence-electron chi connectivity index (χ0n) is 20.8. The second-order valence-corrected chi connectivity index (χ2v) is 11.2. The summed E-state index contributed by atoms with van der Waals surface area (Å²) in [4.78, 5) is 22.5. The molecule has 1 aliphatic heterocycles. The van der Waals surface area contributed by atoms with Gasteiger partial charge in [0.05, 0.1) is 18.1 Å². The van der Waals surface area contributed by atoms with Crippen LogP contribution >= 0.6 is 0 Å². The number of rotatable bonds is 7. The van der Waals surface area contributed by atoms with Gasteiger partial charge in [0.15, 0.2) is 0 Å². The average Bonchev–Trinajstić information content (AvgIpc) is 2.81. The molecule has 3 aliphatic rings. The molecule has 6 rings (SSSR count). The van der Waals surface area contributed by atoms with Crippen molar-refractivity contribution in [2.45, 2.75) is 57.1 Å². The number of ether oxygens (including phenoxy) is 2. The highest BCUT2D eigenvalue weighted by molar-refractivity contribution is 5.87. The predicted octanol–water partition coefficient (Wildman–Crippen LogP) is 4.63. The summed E-state index contributed by atoms with van der Waals surface area (Å²) in [7, 11) is 0. The van der Waals surface area contributed by atoms with Crippen LogP contribution in [0, 0.1) is 5.41 Å². The van der Waals surface area contributed by atoms with Crippen LogP contribution in [0.25, 0.3) is 0 Å². The maximum absolute atomic E-state index is 11.4. The van der Waals surface area contributed by atoms with E-state index in [1.54, 1.807) is 12.4 Å². The van der Waals surface area contributed by atoms with E-state index in [1.165, 1.54) is 0 Å². The predicted molar refractivity (Wildman–Crippen MR) is 138 cm³/mol. The van der Waals surface area contributed by atoms with Crippen molar-refractivity contribution in [2.75, 3.05) is 18.0 Å². The molecule has 3 aromatic rings. The summed E-state index contributed by atoms with van der Waals surface area (Å²) in [6.07, 6.45) is 7.09. The summed E-state index contributed by atoms with van der Waals surface area (Å²) in [5, 5.41) is 0. The molecular weight excluding hydrogens is 452 g/mol. The highest BCUT2D eigenvalue weighted by Gasteiger charge is 2.52. The molecule has 186 valence electrons. The normalized spacial score (nSPS) is 22.4. The van der Waals surface area contributed by atoms with Gasteiger partial charge in [-0.15, -0.1) is 0 Å². The van der Waals surface area contributed by atoms with Gasteiger partial charge in [-0.25, -0.2) is 9.97 Å². The van der Waals surface area contributed by atoms with E-state index in [2.05, 4.69) is 46.9 Å². The van der Waals surface area contributed by atoms with E-state index >= 15 is 0 Å². The molecule has 2 heterocycles. The number of para-hydroxylation sites is 1. The second-order valence-electron chi connectivity index (χ2n) is 11.2. The minimum absolute atomic E-state index is 0.200. The minimum atomic E-state index is -0.306. The lowest BCUT2D eigenvalue weighted by atomic mass is 9.63. The summed E-state index contributed by atoms with van der Waals surface area (Å²) in [5.41, 5.74) is 8.95. The molecule has 2 aromatic carbocycles. The molecule has 1 spiro atoms. The molecule has 0 unspecified atom stereocenters. The Morgan fingerprint density at radius 2 is 1.67 bits per heavy atom. The van der Waals surface area contributed by atoms with Crippen molar-refractivity contribution in [3.63, 3.8) is 0 Å². The van der Waals surface area contributed by atoms with E-state index in [0.717, 1.165) is 54.2 Å². The van der Waals surface area contributed by atoms with Gasteiger partial charge in [-0.05, 0) is 36.6 Å². The topological polar surface area (TPSA) is 90.6 Å². The number of carbonyl (C=O) groups is 1. The Morgan fingerprint density at radius 1 is 1.00 bits per heavy atom. The first-order valence-corrected chi connectivity index (χ1v) is 12.7. The Bertz CT molecular complexity index is 1250. The third-order valence-corrected chi connectivity index (χ3v) is 7.95. The number of ketones is 1. The van der Waals surface area contributed by atoms with Crippen molar-refractivity contribution in [3.8, 4) is 17.5 Å². The molecule has 7 nitrogen and oxygen atoms in total. The number of nitrogens with two attached hydrogens (primary N) is 1. The Hall–Kier alpha value is -3.45. The number of Topliss-reactive ketones (excluding diaryl/α,β-unsaturated/α-hetero) is 1. The first kappa shape index (κ1) is 23.0. The van der Waals surface area contributed by atoms with Crippen molar-refractivity contribution in [1.29, 1.82) is 0 Å². The molecule has 0 radical (unpaired) electrons. The van der Waals surface area contributed by atoms with Crippen molar-refractivity contribution >= 4 is 11.5 Å². The van der Waals surface area contributed by atoms with Gasteiger partial charge in [0, 0.05) is 48.4 Å². The van der Waals surface area contributed by atoms with Gasteiger partial charge in [-0.1, -0.05) is 44.2 Å². The third kappa shape index (κ3) is 4.22. The van der Waals surface area contributed by atoms with Crippen molar-refractivity contribution in [2.24, 2.45) is 11.1 Å². The standard InChI is InChI=1S/C29H32N4O3/c1-28(2,19-7-9-23(10-8-19)35-24-11-20(30)12-24)25-5-3-4-6-26(25)36-27-31-15-21(16-32-27)33-17-29(18-33)13-22(34)14-29/h3-10,15-16,20,24H,11-14,17-18,30H2,1-2H3. The van der Waals surface area contributed by atoms with Crippen LogP contribution in [-0.2, 0) is 10.2 Å². The molecule has 2 N–H and O–H groups in total. The first-order chi connectivity index (χ1) is 17.3. The number of anilines is 1. The van der Waals surface area contributed by atoms with Gasteiger partial charge >= 0.3 is 6.01 Å². The van der Waals surface area contributed by atoms with E-state index < -0.39 is 0 Å². The fraction of sp³-hybridized carbons (Fsp3) is 0.414. The van der Waals surface area contributed by atoms with Crippen LogP contribution in [0.3, 0.4) is 0 Å². The Balaban J connectivity index is 1.14. The van der Waals surface area contributed by atoms with E-state index in [1.807, 2.05) is 30.3 Å². The lowest BCUT2D eigenvalue weighted by Gasteiger charge is -2.55. The highest BCUT2D eigenvalue weighted by atomic mass is 16.5. The van der Waals surface area contributed by atoms with E-state index in [-0.39, 0.29) is 23.0 Å². The summed E-state index contributed by atoms with van der Waals surface area (Å²) in [6, 6.07) is 16.9. The molecule has 2 saturated carbocycles. The van der Waals surface area contributed by atoms with Crippen LogP contribution in [0.1, 0.15) is 50.7 Å². The average molecular weight is 485 g/mol. The highest BCUT2D eigenvalue weighted by Crippen LogP contribution is 2.47. The zero-order chi connectivity index (χ0) is 24.9. The molecule has 2 aliphatic carbocycles. The van der Waals surface area contributed by atoms with Crippen LogP contribution in [0.5, 0.6) is 17.5 Å². The molecule has 36 heavy (non-hydrogen) atoms. The monoisotopic (exact) mass is 484 g/mol. The second kappa shape index (κ2) is 8.59. The number of carbonyl (C=O) groups excluding carboxylic acids is 1. The van der Waals surface area contributed by atoms with Crippen molar-refractivity contribution in [1.82, 2.24) is 9.97 Å². The van der Waals surface area contributed by atoms with Crippen molar-refractivity contribution in [3.05, 3.63) is 72.1 Å². The number of benzene rings is 2. The van der Waals surface area contributed by atoms with E-state index in [4.69, 9.17) is 15.2 Å². The number of hydrogen-bond donors (Lipinski definition) is 1. The summed E-state index contributed by atoms with van der Waals surface area (Å²) in [5.74, 6) is 1.98. The smallest absolute Gasteiger partial charge is 0.322 e. The van der Waals surface area contributed by atoms with Crippen LogP contribution < -0.4 is 20.1 Å². The summed E-state index contributed by atoms with van der Waals surface area (Å²) >= 11 is 0. The lowest BCUT2D eigenvalue weighted by Crippen LogP contribution is -2.62. The maximum atomic E-state index is 11.4. The van der Waals surface area contributed by atoms with Gasteiger partial charge < -0.3 is 20.1 Å². The minimum Gasteiger partial charge on any atom is -0.490 e. The molecule has 0 amide bonds. The Morgan fingerprint density at radius 3 is 2.31 bits per heavy atom. The zero-order valence-corrected chi connectivity index (χ0v) is 20.8. The Kier molecular flexibility index (Phi) is 5.48. The van der Waals surface area contributed by atoms with Crippen LogP contribution in [-0.4, -0.2) is 41.0 Å². The largest absolute Gasteiger partial charge is 0.490 e. The third-order valence-electron chi connectivity index (χ3n) is 7.95. The molecule has 0 atom stereocenters. The Labute approximate surface area is 211 Å². The van der Waals surface area contributed by atoms with Crippen molar-refractivity contribution < 1.29 is 14.3 Å². The van der Waals surface area contributed by atoms with E-state index in [9.17, 15) is 4.79 Å². The molecule has 1 aromatic heterocycles. The molecular formula is C29H32N4O3. The first-order valence-electron chi connectivity index (χ1n) is 12.7. The van der Waals surface area contributed by atoms with E-state index in [0.29, 0.717) is 24.6 Å². The fourth-order valence-electron chi connectivity index (χ4n) is 5.65. The summed E-state index contributed by atoms with van der Waals surface area (Å²) in [6.45, 7) is 6.17. The molecule has 0 bridgehead atoms. The number of nitrogens with zero attached hydrogens (tertiary/aromatic N) is 3. The van der Waals surface area contributed by atoms with Crippen LogP contribution in [0.15, 0.2) is 60.9 Å². The van der Waals surface area contributed by atoms with Gasteiger partial charge in [0.1, 0.15) is 23.4 Å². The number of aromatic nitrogens is 2. The van der Waals surface area contributed by atoms with Gasteiger partial charge in [0.2, 0.25) is 0 Å². The maximum Gasteiger partial charge on any atom is 0.322 e. The van der Waals surface area contributed by atoms with Gasteiger partial charge in [-0.2, -0.15) is 0 Å². The quantitative estimate of drug-likeness (QED) is 0.523. The van der Waals surface area contributed by atoms with Gasteiger partial charge in [-0.3, -0.25) is 4.79 Å². The van der Waals surface area contributed by atoms with Gasteiger partial charge in [0.25, 0.3) is 0 Å². The summed E-state index contributed by atoms with van der Waals surface area (Å²) < 4.78 is 12.2. The SMILES string of the molecule is CC(C)(c1ccc(OC2CC(N)C2)cc1)c1ccccc1Oc1ncc(N2CC3(CC(=O)C3)C2)cn1. The molecule has 3 fully saturated rings. The molecule has 1 saturated heterocycles.